The van der Waals surface area contributed by atoms with Gasteiger partial charge in [-0.2, -0.15) is 0 Å². The molecule has 4 aromatic rings. The summed E-state index contributed by atoms with van der Waals surface area (Å²) < 4.78 is 114. The molecule has 7 aliphatic heterocycles. The molecule has 20 heteroatoms. The third-order valence-electron chi connectivity index (χ3n) is 10.2. The highest BCUT2D eigenvalue weighted by Gasteiger charge is 2.87. The molecule has 4 aromatic carbocycles. The third kappa shape index (κ3) is 8.07. The van der Waals surface area contributed by atoms with Gasteiger partial charge in [-0.3, -0.25) is 0 Å². The van der Waals surface area contributed by atoms with Gasteiger partial charge in [0.1, 0.15) is 0 Å². The fraction of sp³-hybridized carbons (Fsp3) is 0.143. The van der Waals surface area contributed by atoms with Crippen LogP contribution < -0.4 is 0 Å². The average molecular weight is 917 g/mol. The maximum atomic E-state index is 9.15. The van der Waals surface area contributed by atoms with E-state index in [0.717, 1.165) is 19.4 Å². The SMILES string of the molecule is C=CC1=[N+]2C(=CC3=[N+]4C(=CC5=[N+]6C(=CC7=[N+](Cc8ccccc87)C264)c2ccccc25)c2ccccc23)c2ccccc21.COS(=O)[O-].CS(=O)(=O)[O-].CS(=O)(=O)[O-].CS(=O)(=O)[O-]. The third-order valence-corrected chi connectivity index (χ3v) is 10.5. The fourth-order valence-electron chi connectivity index (χ4n) is 8.57. The Balaban J connectivity index is 0.000000245. The van der Waals surface area contributed by atoms with Gasteiger partial charge < -0.3 is 22.4 Å². The lowest BCUT2D eigenvalue weighted by Crippen LogP contribution is -2.70. The minimum absolute atomic E-state index is 0.604. The average Bonchev–Trinajstić information content (AvgIpc) is 3.92. The van der Waals surface area contributed by atoms with Gasteiger partial charge in [-0.05, 0) is 47.0 Å². The standard InChI is InChI=1S/C38H24N4.4CH4O3S/c1-2-31-25-13-5-6-14-26(25)34-20-35-29-17-9-10-18-30(29)37-21-36-28-16-8-7-15-27(28)33-19-32-24-12-4-3-11-23(24)22-39(32)38(40(31)34,41(33)36)42(35)37;3*1-5(2,3)4;1-4-5(2)3/h2-21H,1,22H2;3*1H3,(H,2,3,4);1H3,(H,2,3)/q+4;;;;/p-4. The Morgan fingerprint density at radius 3 is 1.31 bits per heavy atom. The number of allylic oxidation sites excluding steroid dienone is 4. The molecule has 0 radical (unpaired) electrons. The molecule has 16 nitrogen and oxygen atoms in total. The van der Waals surface area contributed by atoms with Gasteiger partial charge in [-0.1, -0.05) is 61.2 Å². The molecule has 1 spiro atoms. The van der Waals surface area contributed by atoms with Gasteiger partial charge >= 0.3 is 5.91 Å². The first kappa shape index (κ1) is 44.4. The molecule has 2 atom stereocenters. The predicted octanol–water partition coefficient (Wildman–Crippen LogP) is 2.32. The Bertz CT molecular complexity index is 3140. The molecule has 7 aliphatic rings. The van der Waals surface area contributed by atoms with Gasteiger partial charge in [0.25, 0.3) is 0 Å². The van der Waals surface area contributed by atoms with Crippen LogP contribution >= 0.6 is 0 Å². The van der Waals surface area contributed by atoms with Crippen LogP contribution in [0.2, 0.25) is 0 Å². The second-order valence-corrected chi connectivity index (χ2v) is 19.3. The normalized spacial score (nSPS) is 19.2. The number of fused-ring (bicyclic) bond motifs is 11. The van der Waals surface area contributed by atoms with E-state index in [-0.39, 0.29) is 0 Å². The first-order chi connectivity index (χ1) is 29.1. The van der Waals surface area contributed by atoms with Crippen molar-refractivity contribution in [1.82, 2.24) is 0 Å². The summed E-state index contributed by atoms with van der Waals surface area (Å²) in [5, 5.41) is 0. The van der Waals surface area contributed by atoms with E-state index in [2.05, 4.69) is 150 Å². The Labute approximate surface area is 360 Å². The van der Waals surface area contributed by atoms with Crippen molar-refractivity contribution in [3.63, 3.8) is 0 Å². The molecule has 0 saturated carbocycles. The zero-order valence-corrected chi connectivity index (χ0v) is 36.5. The van der Waals surface area contributed by atoms with Crippen LogP contribution in [0, 0.1) is 0 Å². The van der Waals surface area contributed by atoms with Crippen LogP contribution in [0.15, 0.2) is 128 Å². The van der Waals surface area contributed by atoms with Crippen molar-refractivity contribution < 1.29 is 70.2 Å². The lowest BCUT2D eigenvalue weighted by atomic mass is 9.99. The molecule has 0 fully saturated rings. The molecule has 320 valence electrons. The van der Waals surface area contributed by atoms with Gasteiger partial charge in [0, 0.05) is 44.1 Å². The maximum absolute atomic E-state index is 9.15. The number of hydrogen-bond acceptors (Lipinski definition) is 12. The lowest BCUT2D eigenvalue weighted by molar-refractivity contribution is -1.10. The number of benzene rings is 4. The van der Waals surface area contributed by atoms with Crippen molar-refractivity contribution in [2.75, 3.05) is 25.9 Å². The molecular formula is C42H36N4O12S4. The molecule has 0 aliphatic carbocycles. The van der Waals surface area contributed by atoms with E-state index in [1.165, 1.54) is 78.7 Å². The first-order valence-electron chi connectivity index (χ1n) is 18.3. The summed E-state index contributed by atoms with van der Waals surface area (Å²) in [6.07, 6.45) is 11.1. The topological polar surface area (TPSA) is 233 Å². The van der Waals surface area contributed by atoms with Crippen LogP contribution in [0.25, 0.3) is 17.1 Å². The van der Waals surface area contributed by atoms with Crippen molar-refractivity contribution in [2.45, 2.75) is 12.5 Å². The molecule has 0 bridgehead atoms. The summed E-state index contributed by atoms with van der Waals surface area (Å²) in [4.78, 5) is 0. The quantitative estimate of drug-likeness (QED) is 0.160. The van der Waals surface area contributed by atoms with Gasteiger partial charge in [0.2, 0.25) is 39.9 Å². The molecule has 62 heavy (non-hydrogen) atoms. The van der Waals surface area contributed by atoms with E-state index < -0.39 is 47.6 Å². The minimum Gasteiger partial charge on any atom is -0.750 e. The van der Waals surface area contributed by atoms with E-state index >= 15 is 0 Å². The smallest absolute Gasteiger partial charge is 0.750 e. The summed E-state index contributed by atoms with van der Waals surface area (Å²) in [7, 11) is -10.7. The van der Waals surface area contributed by atoms with Crippen LogP contribution in [-0.4, -0.2) is 121 Å². The van der Waals surface area contributed by atoms with Gasteiger partial charge in [-0.25, -0.2) is 29.5 Å². The van der Waals surface area contributed by atoms with Gasteiger partial charge in [0.05, 0.1) is 106 Å². The first-order valence-corrected chi connectivity index (χ1v) is 24.7. The summed E-state index contributed by atoms with van der Waals surface area (Å²) >= 11 is -2.32. The molecule has 11 rings (SSSR count). The van der Waals surface area contributed by atoms with E-state index in [9.17, 15) is 0 Å². The predicted molar refractivity (Wildman–Crippen MR) is 227 cm³/mol. The van der Waals surface area contributed by atoms with E-state index in [1.54, 1.807) is 0 Å². The van der Waals surface area contributed by atoms with Gasteiger partial charge in [0.15, 0.2) is 6.54 Å². The number of nitrogens with zero attached hydrogens (tertiary/aromatic N) is 4. The maximum Gasteiger partial charge on any atom is 0.766 e. The van der Waals surface area contributed by atoms with Crippen molar-refractivity contribution in [3.05, 3.63) is 172 Å². The summed E-state index contributed by atoms with van der Waals surface area (Å²) in [5.74, 6) is -0.724. The summed E-state index contributed by atoms with van der Waals surface area (Å²) in [6.45, 7) is 5.22. The summed E-state index contributed by atoms with van der Waals surface area (Å²) in [6, 6.07) is 35.6. The van der Waals surface area contributed by atoms with Crippen LogP contribution in [-0.2, 0) is 52.4 Å². The molecule has 7 heterocycles. The fourth-order valence-corrected chi connectivity index (χ4v) is 8.57. The van der Waals surface area contributed by atoms with E-state index in [0.29, 0.717) is 18.8 Å². The van der Waals surface area contributed by atoms with Crippen LogP contribution in [0.4, 0.5) is 0 Å². The number of hydrogen-bond donors (Lipinski definition) is 0. The van der Waals surface area contributed by atoms with Crippen molar-refractivity contribution in [1.29, 1.82) is 0 Å². The minimum atomic E-state index is -3.92. The Morgan fingerprint density at radius 1 is 0.581 bits per heavy atom. The zero-order valence-electron chi connectivity index (χ0n) is 33.3. The highest BCUT2D eigenvalue weighted by molar-refractivity contribution is 7.85. The highest BCUT2D eigenvalue weighted by Crippen LogP contribution is 2.52. The molecule has 0 N–H and O–H groups in total. The van der Waals surface area contributed by atoms with Gasteiger partial charge in [-0.15, -0.1) is 0 Å². The van der Waals surface area contributed by atoms with Crippen molar-refractivity contribution in [3.8, 4) is 0 Å². The second kappa shape index (κ2) is 16.2. The van der Waals surface area contributed by atoms with E-state index in [1.807, 2.05) is 0 Å². The lowest BCUT2D eigenvalue weighted by Gasteiger charge is -2.25. The number of rotatable bonds is 2. The Kier molecular flexibility index (Phi) is 11.6. The molecular weight excluding hydrogens is 881 g/mol. The zero-order chi connectivity index (χ0) is 45.1. The molecule has 2 unspecified atom stereocenters. The molecule has 0 amide bonds. The van der Waals surface area contributed by atoms with Crippen LogP contribution in [0.3, 0.4) is 0 Å². The van der Waals surface area contributed by atoms with Crippen molar-refractivity contribution >= 4 is 81.7 Å². The highest BCUT2D eigenvalue weighted by atomic mass is 32.2. The van der Waals surface area contributed by atoms with Crippen LogP contribution in [0.1, 0.15) is 44.5 Å². The molecule has 0 aromatic heterocycles. The van der Waals surface area contributed by atoms with Crippen LogP contribution in [0.5, 0.6) is 0 Å². The monoisotopic (exact) mass is 916 g/mol. The van der Waals surface area contributed by atoms with E-state index in [4.69, 9.17) is 47.7 Å². The Morgan fingerprint density at radius 2 is 0.903 bits per heavy atom. The second-order valence-electron chi connectivity index (χ2n) is 14.3. The largest absolute Gasteiger partial charge is 0.766 e. The molecule has 0 saturated heterocycles. The Hall–Kier alpha value is -5.68. The van der Waals surface area contributed by atoms with Crippen molar-refractivity contribution in [2.24, 2.45) is 0 Å². The summed E-state index contributed by atoms with van der Waals surface area (Å²) in [5.41, 5.74) is 18.9.